The number of carbonyl (C=O) groups is 1. The zero-order valence-electron chi connectivity index (χ0n) is 4.81. The van der Waals surface area contributed by atoms with Crippen LogP contribution in [0.3, 0.4) is 0 Å². The minimum absolute atomic E-state index is 0.163. The van der Waals surface area contributed by atoms with Gasteiger partial charge in [-0.25, -0.2) is 0 Å². The van der Waals surface area contributed by atoms with Crippen molar-refractivity contribution in [3.05, 3.63) is 12.2 Å². The number of carbonyl (C=O) groups excluding carboxylic acids is 1. The highest BCUT2D eigenvalue weighted by atomic mass is 16.1. The first-order chi connectivity index (χ1) is 3.80. The van der Waals surface area contributed by atoms with Crippen LogP contribution < -0.4 is 0 Å². The van der Waals surface area contributed by atoms with E-state index in [-0.39, 0.29) is 5.78 Å². The second-order valence-corrected chi connectivity index (χ2v) is 2.16. The standard InChI is InChI=1S/C7H9O/c1-6-4-2-3-5-7(6)8/h1H,2-5H2. The van der Waals surface area contributed by atoms with Gasteiger partial charge in [-0.05, 0) is 24.8 Å². The summed E-state index contributed by atoms with van der Waals surface area (Å²) in [7, 11) is 0. The molecule has 0 N–H and O–H groups in total. The number of allylic oxidation sites excluding steroid dienone is 1. The molecule has 0 atom stereocenters. The predicted molar refractivity (Wildman–Crippen MR) is 31.3 cm³/mol. The second kappa shape index (κ2) is 2.12. The van der Waals surface area contributed by atoms with Crippen LogP contribution >= 0.6 is 0 Å². The van der Waals surface area contributed by atoms with Crippen LogP contribution in [0, 0.1) is 6.58 Å². The molecule has 1 saturated carbocycles. The van der Waals surface area contributed by atoms with E-state index in [2.05, 4.69) is 0 Å². The molecule has 0 spiro atoms. The summed E-state index contributed by atoms with van der Waals surface area (Å²) in [6.45, 7) is 5.35. The van der Waals surface area contributed by atoms with Gasteiger partial charge in [0.2, 0.25) is 0 Å². The third kappa shape index (κ3) is 0.971. The molecule has 8 heavy (non-hydrogen) atoms. The van der Waals surface area contributed by atoms with E-state index >= 15 is 0 Å². The summed E-state index contributed by atoms with van der Waals surface area (Å²) in [5, 5.41) is 0. The summed E-state index contributed by atoms with van der Waals surface area (Å²) in [5.41, 5.74) is 0.580. The van der Waals surface area contributed by atoms with Crippen molar-refractivity contribution in [2.24, 2.45) is 0 Å². The van der Waals surface area contributed by atoms with Crippen molar-refractivity contribution < 1.29 is 4.79 Å². The fraction of sp³-hybridized carbons (Fsp3) is 0.571. The average Bonchev–Trinajstić information content (AvgIpc) is 1.77. The lowest BCUT2D eigenvalue weighted by Crippen LogP contribution is -2.06. The smallest absolute Gasteiger partial charge is 0.158 e. The molecule has 1 fully saturated rings. The normalized spacial score (nSPS) is 21.5. The van der Waals surface area contributed by atoms with Gasteiger partial charge >= 0.3 is 0 Å². The molecule has 0 heterocycles. The average molecular weight is 109 g/mol. The maximum atomic E-state index is 10.6. The molecule has 0 bridgehead atoms. The topological polar surface area (TPSA) is 17.1 Å². The molecular weight excluding hydrogens is 100 g/mol. The van der Waals surface area contributed by atoms with Gasteiger partial charge in [-0.2, -0.15) is 0 Å². The molecule has 43 valence electrons. The Bertz CT molecular complexity index is 108. The van der Waals surface area contributed by atoms with Crippen LogP contribution in [0.25, 0.3) is 0 Å². The molecule has 1 aliphatic rings. The van der Waals surface area contributed by atoms with Gasteiger partial charge in [-0.15, -0.1) is 0 Å². The molecule has 1 heteroatoms. The van der Waals surface area contributed by atoms with E-state index < -0.39 is 0 Å². The first kappa shape index (κ1) is 5.54. The maximum Gasteiger partial charge on any atom is 0.158 e. The van der Waals surface area contributed by atoms with E-state index in [0.717, 1.165) is 19.3 Å². The Balaban J connectivity index is 2.52. The van der Waals surface area contributed by atoms with E-state index in [0.29, 0.717) is 12.0 Å². The van der Waals surface area contributed by atoms with Gasteiger partial charge in [0.15, 0.2) is 5.78 Å². The van der Waals surface area contributed by atoms with Crippen LogP contribution in [0.4, 0.5) is 0 Å². The van der Waals surface area contributed by atoms with E-state index in [1.54, 1.807) is 0 Å². The Morgan fingerprint density at radius 1 is 1.25 bits per heavy atom. The third-order valence-electron chi connectivity index (χ3n) is 1.46. The van der Waals surface area contributed by atoms with Crippen LogP contribution in [0.15, 0.2) is 5.57 Å². The van der Waals surface area contributed by atoms with Gasteiger partial charge in [-0.3, -0.25) is 4.79 Å². The van der Waals surface area contributed by atoms with E-state index in [9.17, 15) is 4.79 Å². The number of Topliss-reactive ketones (excluding diaryl/α,β-unsaturated/α-hetero) is 1. The van der Waals surface area contributed by atoms with Crippen molar-refractivity contribution in [3.63, 3.8) is 0 Å². The number of ketones is 1. The summed E-state index contributed by atoms with van der Waals surface area (Å²) >= 11 is 0. The van der Waals surface area contributed by atoms with Crippen molar-refractivity contribution in [2.75, 3.05) is 0 Å². The largest absolute Gasteiger partial charge is 0.295 e. The van der Waals surface area contributed by atoms with Gasteiger partial charge < -0.3 is 0 Å². The van der Waals surface area contributed by atoms with Crippen LogP contribution in [0.1, 0.15) is 25.7 Å². The molecular formula is C7H9O. The first-order valence-corrected chi connectivity index (χ1v) is 2.95. The van der Waals surface area contributed by atoms with E-state index in [4.69, 9.17) is 6.58 Å². The Morgan fingerprint density at radius 3 is 2.25 bits per heavy atom. The summed E-state index contributed by atoms with van der Waals surface area (Å²) in [6.07, 6.45) is 3.61. The lowest BCUT2D eigenvalue weighted by atomic mass is 9.95. The van der Waals surface area contributed by atoms with Gasteiger partial charge in [-0.1, -0.05) is 6.58 Å². The van der Waals surface area contributed by atoms with Crippen molar-refractivity contribution in [3.8, 4) is 0 Å². The molecule has 0 aliphatic heterocycles. The highest BCUT2D eigenvalue weighted by Crippen LogP contribution is 2.16. The summed E-state index contributed by atoms with van der Waals surface area (Å²) in [4.78, 5) is 10.6. The number of hydrogen-bond donors (Lipinski definition) is 0. The summed E-state index contributed by atoms with van der Waals surface area (Å²) in [6, 6.07) is 0. The fourth-order valence-corrected chi connectivity index (χ4v) is 0.901. The van der Waals surface area contributed by atoms with Crippen LogP contribution in [0.2, 0.25) is 0 Å². The van der Waals surface area contributed by atoms with Crippen molar-refractivity contribution >= 4 is 5.78 Å². The zero-order chi connectivity index (χ0) is 5.98. The predicted octanol–water partition coefficient (Wildman–Crippen LogP) is 1.49. The zero-order valence-corrected chi connectivity index (χ0v) is 4.81. The molecule has 0 saturated heterocycles. The third-order valence-corrected chi connectivity index (χ3v) is 1.46. The molecule has 0 aromatic carbocycles. The minimum atomic E-state index is 0.163. The van der Waals surface area contributed by atoms with Gasteiger partial charge in [0.05, 0.1) is 0 Å². The van der Waals surface area contributed by atoms with Crippen LogP contribution in [-0.2, 0) is 4.79 Å². The molecule has 1 rings (SSSR count). The van der Waals surface area contributed by atoms with E-state index in [1.807, 2.05) is 0 Å². The molecule has 0 unspecified atom stereocenters. The van der Waals surface area contributed by atoms with E-state index in [1.165, 1.54) is 0 Å². The molecule has 1 aliphatic carbocycles. The number of rotatable bonds is 0. The minimum Gasteiger partial charge on any atom is -0.295 e. The Labute approximate surface area is 49.4 Å². The van der Waals surface area contributed by atoms with Crippen LogP contribution in [-0.4, -0.2) is 5.78 Å². The van der Waals surface area contributed by atoms with Gasteiger partial charge in [0, 0.05) is 6.42 Å². The Kier molecular flexibility index (Phi) is 1.47. The summed E-state index contributed by atoms with van der Waals surface area (Å²) < 4.78 is 0. The van der Waals surface area contributed by atoms with Gasteiger partial charge in [0.1, 0.15) is 0 Å². The van der Waals surface area contributed by atoms with Crippen molar-refractivity contribution in [2.45, 2.75) is 25.7 Å². The lowest BCUT2D eigenvalue weighted by molar-refractivity contribution is -0.116. The fourth-order valence-electron chi connectivity index (χ4n) is 0.901. The second-order valence-electron chi connectivity index (χ2n) is 2.16. The summed E-state index contributed by atoms with van der Waals surface area (Å²) in [5.74, 6) is 0.163. The quantitative estimate of drug-likeness (QED) is 0.431. The molecule has 0 aromatic heterocycles. The lowest BCUT2D eigenvalue weighted by Gasteiger charge is -2.08. The molecule has 0 amide bonds. The van der Waals surface area contributed by atoms with Crippen molar-refractivity contribution in [1.82, 2.24) is 0 Å². The highest BCUT2D eigenvalue weighted by Gasteiger charge is 2.11. The molecule has 1 nitrogen and oxygen atoms in total. The highest BCUT2D eigenvalue weighted by molar-refractivity contribution is 5.94. The van der Waals surface area contributed by atoms with Crippen LogP contribution in [0.5, 0.6) is 0 Å². The molecule has 1 radical (unpaired) electrons. The SMILES string of the molecule is [CH]=C1CCCCC1=O. The Morgan fingerprint density at radius 2 is 1.88 bits per heavy atom. The first-order valence-electron chi connectivity index (χ1n) is 2.95. The van der Waals surface area contributed by atoms with Crippen molar-refractivity contribution in [1.29, 1.82) is 0 Å². The Hall–Kier alpha value is -0.590. The van der Waals surface area contributed by atoms with Gasteiger partial charge in [0.25, 0.3) is 0 Å². The number of hydrogen-bond acceptors (Lipinski definition) is 1. The molecule has 0 aromatic rings. The monoisotopic (exact) mass is 109 g/mol. The maximum absolute atomic E-state index is 10.6.